The van der Waals surface area contributed by atoms with E-state index in [1.54, 1.807) is 18.5 Å². The molecule has 0 saturated heterocycles. The third-order valence-corrected chi connectivity index (χ3v) is 4.50. The Morgan fingerprint density at radius 3 is 2.72 bits per heavy atom. The predicted molar refractivity (Wildman–Crippen MR) is 112 cm³/mol. The van der Waals surface area contributed by atoms with Gasteiger partial charge in [-0.2, -0.15) is 5.10 Å². The van der Waals surface area contributed by atoms with Gasteiger partial charge in [-0.15, -0.1) is 0 Å². The molecule has 4 N–H and O–H groups in total. The molecule has 2 amide bonds. The molecule has 3 heterocycles. The number of nitrogens with zero attached hydrogens (tertiary/aromatic N) is 3. The third-order valence-electron chi connectivity index (χ3n) is 4.50. The number of nitrogens with one attached hydrogen (secondary N) is 4. The highest BCUT2D eigenvalue weighted by Crippen LogP contribution is 2.22. The summed E-state index contributed by atoms with van der Waals surface area (Å²) in [6.07, 6.45) is 3.43. The van der Waals surface area contributed by atoms with Gasteiger partial charge >= 0.3 is 6.03 Å². The van der Waals surface area contributed by atoms with Crippen molar-refractivity contribution in [3.05, 3.63) is 78.2 Å². The van der Waals surface area contributed by atoms with Crippen LogP contribution in [0.4, 0.5) is 16.4 Å². The molecule has 3 aromatic heterocycles. The summed E-state index contributed by atoms with van der Waals surface area (Å²) in [4.78, 5) is 20.9. The number of H-pyrrole nitrogens is 1. The Kier molecular flexibility index (Phi) is 5.33. The van der Waals surface area contributed by atoms with Gasteiger partial charge in [-0.25, -0.2) is 9.78 Å². The van der Waals surface area contributed by atoms with Gasteiger partial charge in [-0.1, -0.05) is 36.4 Å². The number of hydrogen-bond acceptors (Lipinski definition) is 5. The fourth-order valence-electron chi connectivity index (χ4n) is 2.97. The average Bonchev–Trinajstić information content (AvgIpc) is 3.15. The van der Waals surface area contributed by atoms with Crippen LogP contribution in [0, 0.1) is 0 Å². The van der Waals surface area contributed by atoms with Crippen LogP contribution < -0.4 is 16.0 Å². The summed E-state index contributed by atoms with van der Waals surface area (Å²) in [5.74, 6) is 1.13. The molecule has 0 saturated carbocycles. The minimum absolute atomic E-state index is 0.116. The van der Waals surface area contributed by atoms with Crippen molar-refractivity contribution in [2.45, 2.75) is 19.5 Å². The van der Waals surface area contributed by atoms with E-state index in [1.165, 1.54) is 0 Å². The van der Waals surface area contributed by atoms with E-state index in [-0.39, 0.29) is 12.1 Å². The Labute approximate surface area is 167 Å². The Morgan fingerprint density at radius 2 is 1.93 bits per heavy atom. The van der Waals surface area contributed by atoms with Crippen LogP contribution in [0.25, 0.3) is 10.9 Å². The van der Waals surface area contributed by atoms with Crippen LogP contribution in [0.3, 0.4) is 0 Å². The van der Waals surface area contributed by atoms with Gasteiger partial charge in [0.2, 0.25) is 0 Å². The number of fused-ring (bicyclic) bond motifs is 1. The quantitative estimate of drug-likeness (QED) is 0.402. The number of amides is 2. The number of carbonyl (C=O) groups excluding carboxylic acids is 1. The van der Waals surface area contributed by atoms with Crippen molar-refractivity contribution in [2.24, 2.45) is 0 Å². The van der Waals surface area contributed by atoms with Crippen LogP contribution in [-0.2, 0) is 6.54 Å². The number of rotatable bonds is 6. The third kappa shape index (κ3) is 4.49. The van der Waals surface area contributed by atoms with Gasteiger partial charge in [0.15, 0.2) is 5.82 Å². The van der Waals surface area contributed by atoms with E-state index in [9.17, 15) is 4.79 Å². The first-order valence-corrected chi connectivity index (χ1v) is 9.29. The summed E-state index contributed by atoms with van der Waals surface area (Å²) in [6.45, 7) is 2.49. The largest absolute Gasteiger partial charge is 0.362 e. The van der Waals surface area contributed by atoms with Crippen molar-refractivity contribution >= 4 is 28.6 Å². The Morgan fingerprint density at radius 1 is 1.10 bits per heavy atom. The molecule has 0 radical (unpaired) electrons. The second-order valence-corrected chi connectivity index (χ2v) is 6.59. The molecular weight excluding hydrogens is 366 g/mol. The molecule has 0 spiro atoms. The molecule has 1 aromatic carbocycles. The van der Waals surface area contributed by atoms with Crippen LogP contribution in [0.5, 0.6) is 0 Å². The summed E-state index contributed by atoms with van der Waals surface area (Å²) < 4.78 is 0. The average molecular weight is 387 g/mol. The molecular formula is C21H21N7O. The zero-order chi connectivity index (χ0) is 20.1. The Bertz CT molecular complexity index is 1100. The lowest BCUT2D eigenvalue weighted by atomic mass is 10.1. The number of aromatic amines is 1. The molecule has 0 fully saturated rings. The molecule has 4 rings (SSSR count). The second-order valence-electron chi connectivity index (χ2n) is 6.59. The van der Waals surface area contributed by atoms with Crippen molar-refractivity contribution in [2.75, 3.05) is 10.6 Å². The minimum atomic E-state index is -0.318. The molecule has 1 unspecified atom stereocenters. The molecule has 0 aliphatic rings. The second kappa shape index (κ2) is 8.39. The van der Waals surface area contributed by atoms with Crippen LogP contribution >= 0.6 is 0 Å². The van der Waals surface area contributed by atoms with Gasteiger partial charge in [0.1, 0.15) is 5.82 Å². The van der Waals surface area contributed by atoms with Crippen molar-refractivity contribution in [3.8, 4) is 0 Å². The topological polar surface area (TPSA) is 108 Å². The lowest BCUT2D eigenvalue weighted by Gasteiger charge is -2.14. The molecule has 0 bridgehead atoms. The van der Waals surface area contributed by atoms with Crippen molar-refractivity contribution in [3.63, 3.8) is 0 Å². The van der Waals surface area contributed by atoms with Gasteiger partial charge in [0, 0.05) is 18.5 Å². The fraction of sp³-hybridized carbons (Fsp3) is 0.143. The van der Waals surface area contributed by atoms with E-state index in [1.807, 2.05) is 55.5 Å². The highest BCUT2D eigenvalue weighted by atomic mass is 16.2. The van der Waals surface area contributed by atoms with E-state index in [4.69, 9.17) is 0 Å². The molecule has 29 heavy (non-hydrogen) atoms. The van der Waals surface area contributed by atoms with E-state index >= 15 is 0 Å². The van der Waals surface area contributed by atoms with Gasteiger partial charge < -0.3 is 10.6 Å². The van der Waals surface area contributed by atoms with Crippen molar-refractivity contribution in [1.29, 1.82) is 0 Å². The van der Waals surface area contributed by atoms with Gasteiger partial charge in [-0.05, 0) is 24.6 Å². The lowest BCUT2D eigenvalue weighted by Crippen LogP contribution is -2.31. The molecule has 0 aliphatic carbocycles. The maximum absolute atomic E-state index is 12.3. The number of benzene rings is 1. The minimum Gasteiger partial charge on any atom is -0.362 e. The highest BCUT2D eigenvalue weighted by molar-refractivity contribution is 5.94. The SMILES string of the molecule is CC(NC(=O)Nc1cc2[nH]nc(NCc3ccccn3)c2cn1)c1ccccc1. The standard InChI is InChI=1S/C21H21N7O/c1-14(15-7-3-2-4-8-15)25-21(29)26-19-11-18-17(13-23-19)20(28-27-18)24-12-16-9-5-6-10-22-16/h2-11,13-14H,12H2,1H3,(H2,24,27,28)(H2,23,25,26,29). The molecule has 1 atom stereocenters. The monoisotopic (exact) mass is 387 g/mol. The zero-order valence-corrected chi connectivity index (χ0v) is 15.9. The Hall–Kier alpha value is -3.94. The Balaban J connectivity index is 1.39. The number of aromatic nitrogens is 4. The van der Waals surface area contributed by atoms with Gasteiger partial charge in [0.25, 0.3) is 0 Å². The lowest BCUT2D eigenvalue weighted by molar-refractivity contribution is 0.249. The number of pyridine rings is 2. The van der Waals surface area contributed by atoms with E-state index < -0.39 is 0 Å². The normalized spacial score (nSPS) is 11.8. The van der Waals surface area contributed by atoms with E-state index in [0.29, 0.717) is 18.2 Å². The zero-order valence-electron chi connectivity index (χ0n) is 15.9. The number of hydrogen-bond donors (Lipinski definition) is 4. The smallest absolute Gasteiger partial charge is 0.320 e. The number of urea groups is 1. The molecule has 146 valence electrons. The van der Waals surface area contributed by atoms with Crippen LogP contribution in [0.2, 0.25) is 0 Å². The maximum atomic E-state index is 12.3. The summed E-state index contributed by atoms with van der Waals surface area (Å²) in [7, 11) is 0. The van der Waals surface area contributed by atoms with Crippen LogP contribution in [0.15, 0.2) is 67.0 Å². The predicted octanol–water partition coefficient (Wildman–Crippen LogP) is 3.85. The van der Waals surface area contributed by atoms with Crippen molar-refractivity contribution in [1.82, 2.24) is 25.5 Å². The number of carbonyl (C=O) groups is 1. The maximum Gasteiger partial charge on any atom is 0.320 e. The van der Waals surface area contributed by atoms with Gasteiger partial charge in [-0.3, -0.25) is 15.4 Å². The van der Waals surface area contributed by atoms with Gasteiger partial charge in [0.05, 0.1) is 29.2 Å². The highest BCUT2D eigenvalue weighted by Gasteiger charge is 2.12. The van der Waals surface area contributed by atoms with Crippen LogP contribution in [0.1, 0.15) is 24.2 Å². The summed E-state index contributed by atoms with van der Waals surface area (Å²) in [6, 6.07) is 16.8. The molecule has 8 nitrogen and oxygen atoms in total. The van der Waals surface area contributed by atoms with Crippen LogP contribution in [-0.4, -0.2) is 26.2 Å². The number of anilines is 2. The first-order valence-electron chi connectivity index (χ1n) is 9.29. The van der Waals surface area contributed by atoms with E-state index in [0.717, 1.165) is 22.2 Å². The summed E-state index contributed by atoms with van der Waals surface area (Å²) >= 11 is 0. The first-order chi connectivity index (χ1) is 14.2. The van der Waals surface area contributed by atoms with E-state index in [2.05, 4.69) is 36.1 Å². The fourth-order valence-corrected chi connectivity index (χ4v) is 2.97. The molecule has 8 heteroatoms. The molecule has 4 aromatic rings. The first kappa shape index (κ1) is 18.4. The molecule has 0 aliphatic heterocycles. The summed E-state index contributed by atoms with van der Waals surface area (Å²) in [5, 5.41) is 17.0. The van der Waals surface area contributed by atoms with Crippen molar-refractivity contribution < 1.29 is 4.79 Å². The summed E-state index contributed by atoms with van der Waals surface area (Å²) in [5.41, 5.74) is 2.72.